The van der Waals surface area contributed by atoms with Crippen molar-refractivity contribution in [3.63, 3.8) is 0 Å². The van der Waals surface area contributed by atoms with Crippen LogP contribution in [0.5, 0.6) is 0 Å². The van der Waals surface area contributed by atoms with Crippen molar-refractivity contribution in [2.45, 2.75) is 20.0 Å². The Balaban J connectivity index is 2.03. The number of pyridine rings is 1. The highest BCUT2D eigenvalue weighted by atomic mass is 16.3. The molecule has 2 heterocycles. The summed E-state index contributed by atoms with van der Waals surface area (Å²) in [6.07, 6.45) is 0.769. The van der Waals surface area contributed by atoms with Crippen LogP contribution in [0, 0.1) is 13.8 Å². The smallest absolute Gasteiger partial charge is 0.124 e. The van der Waals surface area contributed by atoms with Crippen LogP contribution < -0.4 is 0 Å². The van der Waals surface area contributed by atoms with Gasteiger partial charge in [0.15, 0.2) is 0 Å². The van der Waals surface area contributed by atoms with Crippen LogP contribution in [0.3, 0.4) is 0 Å². The van der Waals surface area contributed by atoms with Crippen molar-refractivity contribution in [1.29, 1.82) is 0 Å². The van der Waals surface area contributed by atoms with Gasteiger partial charge in [0, 0.05) is 17.0 Å². The number of aryl methyl sites for hydroxylation is 2. The van der Waals surface area contributed by atoms with Gasteiger partial charge >= 0.3 is 0 Å². The number of nitrogens with zero attached hydrogens (tertiary/aromatic N) is 4. The van der Waals surface area contributed by atoms with E-state index in [1.54, 1.807) is 10.9 Å². The summed E-state index contributed by atoms with van der Waals surface area (Å²) >= 11 is 0. The van der Waals surface area contributed by atoms with Gasteiger partial charge in [-0.15, -0.1) is 5.10 Å². The molecule has 0 bridgehead atoms. The molecule has 0 radical (unpaired) electrons. The molecule has 0 aliphatic heterocycles. The maximum Gasteiger partial charge on any atom is 0.124 e. The zero-order valence-electron chi connectivity index (χ0n) is 11.9. The van der Waals surface area contributed by atoms with E-state index in [-0.39, 0.29) is 0 Å². The van der Waals surface area contributed by atoms with Crippen molar-refractivity contribution in [2.24, 2.45) is 0 Å². The second kappa shape index (κ2) is 5.46. The molecule has 1 aromatic carbocycles. The van der Waals surface area contributed by atoms with E-state index in [0.717, 1.165) is 22.6 Å². The van der Waals surface area contributed by atoms with E-state index >= 15 is 0 Å². The van der Waals surface area contributed by atoms with E-state index in [1.807, 2.05) is 56.3 Å². The molecule has 0 aliphatic rings. The third-order valence-electron chi connectivity index (χ3n) is 3.42. The molecule has 5 nitrogen and oxygen atoms in total. The average Bonchev–Trinajstić information content (AvgIpc) is 2.97. The predicted molar refractivity (Wildman–Crippen MR) is 79.1 cm³/mol. The highest BCUT2D eigenvalue weighted by molar-refractivity contribution is 5.35. The fraction of sp³-hybridized carbons (Fsp3) is 0.188. The molecular weight excluding hydrogens is 264 g/mol. The van der Waals surface area contributed by atoms with Gasteiger partial charge in [-0.05, 0) is 32.0 Å². The van der Waals surface area contributed by atoms with Gasteiger partial charge < -0.3 is 5.11 Å². The normalized spacial score (nSPS) is 12.3. The highest BCUT2D eigenvalue weighted by Gasteiger charge is 2.19. The quantitative estimate of drug-likeness (QED) is 0.800. The lowest BCUT2D eigenvalue weighted by atomic mass is 10.0. The molecule has 1 unspecified atom stereocenters. The fourth-order valence-corrected chi connectivity index (χ4v) is 2.34. The topological polar surface area (TPSA) is 63.8 Å². The summed E-state index contributed by atoms with van der Waals surface area (Å²) in [6.45, 7) is 3.82. The minimum atomic E-state index is -0.812. The number of aliphatic hydroxyl groups is 1. The SMILES string of the molecule is Cc1ccc(C(O)c2cnnn2-c2ccccc2)c(C)n1. The Hall–Kier alpha value is -2.53. The Morgan fingerprint density at radius 1 is 1.05 bits per heavy atom. The first-order valence-electron chi connectivity index (χ1n) is 6.75. The van der Waals surface area contributed by atoms with Crippen LogP contribution in [0.4, 0.5) is 0 Å². The fourth-order valence-electron chi connectivity index (χ4n) is 2.34. The van der Waals surface area contributed by atoms with E-state index in [0.29, 0.717) is 5.69 Å². The van der Waals surface area contributed by atoms with Crippen LogP contribution in [-0.2, 0) is 0 Å². The lowest BCUT2D eigenvalue weighted by molar-refractivity contribution is 0.210. The zero-order chi connectivity index (χ0) is 14.8. The van der Waals surface area contributed by atoms with Crippen LogP contribution in [0.2, 0.25) is 0 Å². The molecule has 0 aliphatic carbocycles. The molecule has 0 spiro atoms. The number of benzene rings is 1. The van der Waals surface area contributed by atoms with Gasteiger partial charge in [-0.25, -0.2) is 4.68 Å². The van der Waals surface area contributed by atoms with Crippen molar-refractivity contribution in [1.82, 2.24) is 20.0 Å². The third-order valence-corrected chi connectivity index (χ3v) is 3.42. The summed E-state index contributed by atoms with van der Waals surface area (Å²) < 4.78 is 1.64. The van der Waals surface area contributed by atoms with Crippen molar-refractivity contribution in [2.75, 3.05) is 0 Å². The van der Waals surface area contributed by atoms with Crippen molar-refractivity contribution in [3.05, 3.63) is 71.3 Å². The molecular formula is C16H16N4O. The number of rotatable bonds is 3. The first-order valence-corrected chi connectivity index (χ1v) is 6.75. The summed E-state index contributed by atoms with van der Waals surface area (Å²) in [7, 11) is 0. The molecule has 1 atom stereocenters. The van der Waals surface area contributed by atoms with E-state index in [2.05, 4.69) is 15.3 Å². The number of hydrogen-bond donors (Lipinski definition) is 1. The molecule has 3 aromatic rings. The van der Waals surface area contributed by atoms with Gasteiger partial charge in [0.2, 0.25) is 0 Å². The Bertz CT molecular complexity index is 752. The Labute approximate surface area is 122 Å². The lowest BCUT2D eigenvalue weighted by Crippen LogP contribution is -2.10. The van der Waals surface area contributed by atoms with Crippen LogP contribution >= 0.6 is 0 Å². The van der Waals surface area contributed by atoms with Crippen molar-refractivity contribution < 1.29 is 5.11 Å². The van der Waals surface area contributed by atoms with Gasteiger partial charge in [-0.1, -0.05) is 29.5 Å². The molecule has 2 aromatic heterocycles. The Morgan fingerprint density at radius 3 is 2.52 bits per heavy atom. The first kappa shape index (κ1) is 13.5. The van der Waals surface area contributed by atoms with Crippen LogP contribution in [0.25, 0.3) is 5.69 Å². The predicted octanol–water partition coefficient (Wildman–Crippen LogP) is 2.36. The first-order chi connectivity index (χ1) is 10.2. The summed E-state index contributed by atoms with van der Waals surface area (Å²) in [4.78, 5) is 4.40. The third kappa shape index (κ3) is 2.55. The molecule has 0 amide bonds. The molecule has 3 rings (SSSR count). The van der Waals surface area contributed by atoms with Gasteiger partial charge in [0.05, 0.1) is 17.6 Å². The molecule has 0 saturated carbocycles. The molecule has 1 N–H and O–H groups in total. The van der Waals surface area contributed by atoms with E-state index in [4.69, 9.17) is 0 Å². The summed E-state index contributed by atoms with van der Waals surface area (Å²) in [5.41, 5.74) is 3.98. The molecule has 21 heavy (non-hydrogen) atoms. The second-order valence-electron chi connectivity index (χ2n) is 4.94. The number of aromatic nitrogens is 4. The van der Waals surface area contributed by atoms with E-state index in [1.165, 1.54) is 0 Å². The maximum atomic E-state index is 10.7. The van der Waals surface area contributed by atoms with Crippen molar-refractivity contribution >= 4 is 0 Å². The van der Waals surface area contributed by atoms with Crippen LogP contribution in [0.15, 0.2) is 48.7 Å². The number of hydrogen-bond acceptors (Lipinski definition) is 4. The largest absolute Gasteiger partial charge is 0.382 e. The van der Waals surface area contributed by atoms with Crippen LogP contribution in [-0.4, -0.2) is 25.1 Å². The minimum absolute atomic E-state index is 0.620. The van der Waals surface area contributed by atoms with Crippen molar-refractivity contribution in [3.8, 4) is 5.69 Å². The summed E-state index contributed by atoms with van der Waals surface area (Å²) in [6, 6.07) is 13.4. The lowest BCUT2D eigenvalue weighted by Gasteiger charge is -2.14. The molecule has 0 fully saturated rings. The Kier molecular flexibility index (Phi) is 3.50. The van der Waals surface area contributed by atoms with E-state index in [9.17, 15) is 5.11 Å². The second-order valence-corrected chi connectivity index (χ2v) is 4.94. The number of para-hydroxylation sites is 1. The van der Waals surface area contributed by atoms with Gasteiger partial charge in [0.25, 0.3) is 0 Å². The zero-order valence-corrected chi connectivity index (χ0v) is 11.9. The van der Waals surface area contributed by atoms with Crippen LogP contribution in [0.1, 0.15) is 28.7 Å². The average molecular weight is 280 g/mol. The minimum Gasteiger partial charge on any atom is -0.382 e. The maximum absolute atomic E-state index is 10.7. The molecule has 5 heteroatoms. The Morgan fingerprint density at radius 2 is 1.81 bits per heavy atom. The number of aliphatic hydroxyl groups excluding tert-OH is 1. The monoisotopic (exact) mass is 280 g/mol. The summed E-state index contributed by atoms with van der Waals surface area (Å²) in [5.74, 6) is 0. The van der Waals surface area contributed by atoms with Gasteiger partial charge in [-0.2, -0.15) is 0 Å². The van der Waals surface area contributed by atoms with Gasteiger partial charge in [0.1, 0.15) is 6.10 Å². The summed E-state index contributed by atoms with van der Waals surface area (Å²) in [5, 5.41) is 18.6. The van der Waals surface area contributed by atoms with E-state index < -0.39 is 6.10 Å². The highest BCUT2D eigenvalue weighted by Crippen LogP contribution is 2.25. The molecule has 106 valence electrons. The van der Waals surface area contributed by atoms with Gasteiger partial charge in [-0.3, -0.25) is 4.98 Å². The standard InChI is InChI=1S/C16H16N4O/c1-11-8-9-14(12(2)18-11)16(21)15-10-17-19-20(15)13-6-4-3-5-7-13/h3-10,16,21H,1-2H3. The molecule has 0 saturated heterocycles.